The Labute approximate surface area is 108 Å². The number of hydrogen-bond donors (Lipinski definition) is 2. The molecule has 3 nitrogen and oxygen atoms in total. The number of hydrogen-bond acceptors (Lipinski definition) is 2. The molecule has 0 fully saturated rings. The molecule has 18 heavy (non-hydrogen) atoms. The highest BCUT2D eigenvalue weighted by molar-refractivity contribution is 5.65. The van der Waals surface area contributed by atoms with E-state index in [0.29, 0.717) is 12.5 Å². The summed E-state index contributed by atoms with van der Waals surface area (Å²) in [5.74, 6) is 1.33. The Morgan fingerprint density at radius 2 is 2.00 bits per heavy atom. The molecule has 2 rings (SSSR count). The second kappa shape index (κ2) is 5.36. The van der Waals surface area contributed by atoms with Gasteiger partial charge in [0, 0.05) is 23.7 Å². The van der Waals surface area contributed by atoms with Gasteiger partial charge in [0.05, 0.1) is 5.69 Å². The number of aromatic nitrogens is 2. The molecule has 1 aromatic heterocycles. The average molecular weight is 243 g/mol. The van der Waals surface area contributed by atoms with E-state index in [1.165, 1.54) is 11.1 Å². The van der Waals surface area contributed by atoms with Gasteiger partial charge in [-0.1, -0.05) is 31.2 Å². The standard InChI is InChI=1S/C15H21N3/c1-4-12(9-16)15-17-11(3)14(18-15)13-8-6-5-7-10(13)2/h5-8,12H,4,9,16H2,1-3H3,(H,17,18). The number of imidazole rings is 1. The Morgan fingerprint density at radius 3 is 2.61 bits per heavy atom. The van der Waals surface area contributed by atoms with Crippen molar-refractivity contribution in [3.05, 3.63) is 41.3 Å². The minimum atomic E-state index is 0.321. The van der Waals surface area contributed by atoms with E-state index in [9.17, 15) is 0 Å². The minimum Gasteiger partial charge on any atom is -0.345 e. The van der Waals surface area contributed by atoms with Crippen molar-refractivity contribution in [3.8, 4) is 11.3 Å². The third kappa shape index (κ3) is 2.31. The summed E-state index contributed by atoms with van der Waals surface area (Å²) in [5.41, 5.74) is 10.4. The van der Waals surface area contributed by atoms with Gasteiger partial charge in [0.15, 0.2) is 0 Å². The van der Waals surface area contributed by atoms with Gasteiger partial charge in [-0.2, -0.15) is 0 Å². The third-order valence-corrected chi connectivity index (χ3v) is 3.47. The molecule has 0 aliphatic rings. The van der Waals surface area contributed by atoms with Crippen LogP contribution in [0.1, 0.15) is 36.3 Å². The predicted molar refractivity (Wildman–Crippen MR) is 75.6 cm³/mol. The van der Waals surface area contributed by atoms with E-state index >= 15 is 0 Å². The van der Waals surface area contributed by atoms with Crippen molar-refractivity contribution in [2.24, 2.45) is 5.73 Å². The lowest BCUT2D eigenvalue weighted by Crippen LogP contribution is -2.12. The van der Waals surface area contributed by atoms with Crippen molar-refractivity contribution in [3.63, 3.8) is 0 Å². The van der Waals surface area contributed by atoms with Gasteiger partial charge >= 0.3 is 0 Å². The van der Waals surface area contributed by atoms with E-state index < -0.39 is 0 Å². The van der Waals surface area contributed by atoms with Gasteiger partial charge in [-0.15, -0.1) is 0 Å². The van der Waals surface area contributed by atoms with E-state index in [1.54, 1.807) is 0 Å². The second-order valence-electron chi connectivity index (χ2n) is 4.75. The Morgan fingerprint density at radius 1 is 1.28 bits per heavy atom. The first kappa shape index (κ1) is 12.8. The first-order chi connectivity index (χ1) is 8.67. The third-order valence-electron chi connectivity index (χ3n) is 3.47. The lowest BCUT2D eigenvalue weighted by atomic mass is 10.0. The van der Waals surface area contributed by atoms with E-state index in [1.807, 2.05) is 0 Å². The van der Waals surface area contributed by atoms with Crippen LogP contribution < -0.4 is 5.73 Å². The van der Waals surface area contributed by atoms with Crippen molar-refractivity contribution in [1.29, 1.82) is 0 Å². The van der Waals surface area contributed by atoms with Gasteiger partial charge in [0.25, 0.3) is 0 Å². The van der Waals surface area contributed by atoms with Crippen molar-refractivity contribution >= 4 is 0 Å². The maximum absolute atomic E-state index is 5.78. The molecule has 0 aliphatic carbocycles. The number of rotatable bonds is 4. The quantitative estimate of drug-likeness (QED) is 0.866. The minimum absolute atomic E-state index is 0.321. The molecule has 0 aliphatic heterocycles. The molecular formula is C15H21N3. The SMILES string of the molecule is CCC(CN)c1nc(-c2ccccc2C)c(C)[nH]1. The highest BCUT2D eigenvalue weighted by atomic mass is 14.9. The smallest absolute Gasteiger partial charge is 0.111 e. The van der Waals surface area contributed by atoms with Crippen LogP contribution >= 0.6 is 0 Å². The van der Waals surface area contributed by atoms with Crippen LogP contribution in [-0.4, -0.2) is 16.5 Å². The van der Waals surface area contributed by atoms with Crippen LogP contribution in [0, 0.1) is 13.8 Å². The number of H-pyrrole nitrogens is 1. The molecule has 0 spiro atoms. The fraction of sp³-hybridized carbons (Fsp3) is 0.400. The number of nitrogens with two attached hydrogens (primary N) is 1. The molecule has 0 saturated heterocycles. The molecule has 0 saturated carbocycles. The van der Waals surface area contributed by atoms with E-state index in [-0.39, 0.29) is 0 Å². The highest BCUT2D eigenvalue weighted by Gasteiger charge is 2.15. The topological polar surface area (TPSA) is 54.7 Å². The summed E-state index contributed by atoms with van der Waals surface area (Å²) in [5, 5.41) is 0. The van der Waals surface area contributed by atoms with Crippen LogP contribution in [0.2, 0.25) is 0 Å². The fourth-order valence-corrected chi connectivity index (χ4v) is 2.25. The van der Waals surface area contributed by atoms with Gasteiger partial charge < -0.3 is 10.7 Å². The molecule has 2 aromatic rings. The molecule has 3 heteroatoms. The summed E-state index contributed by atoms with van der Waals surface area (Å²) >= 11 is 0. The first-order valence-corrected chi connectivity index (χ1v) is 6.50. The molecule has 1 unspecified atom stereocenters. The summed E-state index contributed by atoms with van der Waals surface area (Å²) in [6, 6.07) is 8.34. The summed E-state index contributed by atoms with van der Waals surface area (Å²) in [6.45, 7) is 6.96. The zero-order valence-corrected chi connectivity index (χ0v) is 11.3. The molecule has 1 atom stereocenters. The van der Waals surface area contributed by atoms with Crippen LogP contribution in [0.25, 0.3) is 11.3 Å². The predicted octanol–water partition coefficient (Wildman–Crippen LogP) is 3.15. The molecule has 0 bridgehead atoms. The summed E-state index contributed by atoms with van der Waals surface area (Å²) in [4.78, 5) is 8.13. The fourth-order valence-electron chi connectivity index (χ4n) is 2.25. The van der Waals surface area contributed by atoms with Crippen LogP contribution in [0.15, 0.2) is 24.3 Å². The maximum Gasteiger partial charge on any atom is 0.111 e. The molecule has 1 aromatic carbocycles. The lowest BCUT2D eigenvalue weighted by molar-refractivity contribution is 0.638. The number of nitrogens with zero attached hydrogens (tertiary/aromatic N) is 1. The van der Waals surface area contributed by atoms with Crippen LogP contribution in [0.3, 0.4) is 0 Å². The molecule has 0 amide bonds. The highest BCUT2D eigenvalue weighted by Crippen LogP contribution is 2.27. The molecule has 0 radical (unpaired) electrons. The first-order valence-electron chi connectivity index (χ1n) is 6.50. The van der Waals surface area contributed by atoms with Crippen LogP contribution in [0.4, 0.5) is 0 Å². The zero-order chi connectivity index (χ0) is 13.1. The van der Waals surface area contributed by atoms with Gasteiger partial charge in [0.2, 0.25) is 0 Å². The molecule has 1 heterocycles. The van der Waals surface area contributed by atoms with Crippen molar-refractivity contribution in [1.82, 2.24) is 9.97 Å². The Bertz CT molecular complexity index is 524. The van der Waals surface area contributed by atoms with Crippen molar-refractivity contribution in [2.45, 2.75) is 33.1 Å². The van der Waals surface area contributed by atoms with E-state index in [2.05, 4.69) is 50.0 Å². The van der Waals surface area contributed by atoms with Crippen molar-refractivity contribution in [2.75, 3.05) is 6.54 Å². The number of benzene rings is 1. The normalized spacial score (nSPS) is 12.7. The zero-order valence-electron chi connectivity index (χ0n) is 11.3. The monoisotopic (exact) mass is 243 g/mol. The van der Waals surface area contributed by atoms with Gasteiger partial charge in [0.1, 0.15) is 5.82 Å². The van der Waals surface area contributed by atoms with Crippen LogP contribution in [0.5, 0.6) is 0 Å². The molecule has 3 N–H and O–H groups in total. The Balaban J connectivity index is 2.44. The number of aryl methyl sites for hydroxylation is 2. The van der Waals surface area contributed by atoms with Crippen LogP contribution in [-0.2, 0) is 0 Å². The Kier molecular flexibility index (Phi) is 3.82. The van der Waals surface area contributed by atoms with Gasteiger partial charge in [-0.3, -0.25) is 0 Å². The average Bonchev–Trinajstić information content (AvgIpc) is 2.73. The lowest BCUT2D eigenvalue weighted by Gasteiger charge is -2.07. The van der Waals surface area contributed by atoms with E-state index in [0.717, 1.165) is 23.6 Å². The van der Waals surface area contributed by atoms with Crippen molar-refractivity contribution < 1.29 is 0 Å². The largest absolute Gasteiger partial charge is 0.345 e. The summed E-state index contributed by atoms with van der Waals surface area (Å²) in [7, 11) is 0. The molecule has 96 valence electrons. The molecular weight excluding hydrogens is 222 g/mol. The van der Waals surface area contributed by atoms with E-state index in [4.69, 9.17) is 10.7 Å². The number of aromatic amines is 1. The van der Waals surface area contributed by atoms with Gasteiger partial charge in [-0.25, -0.2) is 4.98 Å². The van der Waals surface area contributed by atoms with Gasteiger partial charge in [-0.05, 0) is 25.8 Å². The second-order valence-corrected chi connectivity index (χ2v) is 4.75. The summed E-state index contributed by atoms with van der Waals surface area (Å²) in [6.07, 6.45) is 1.01. The number of nitrogens with one attached hydrogen (secondary N) is 1. The summed E-state index contributed by atoms with van der Waals surface area (Å²) < 4.78 is 0. The maximum atomic E-state index is 5.78. The Hall–Kier alpha value is -1.61.